The highest BCUT2D eigenvalue weighted by molar-refractivity contribution is 7.94. The van der Waals surface area contributed by atoms with E-state index in [-0.39, 0.29) is 51.5 Å². The number of carboxylic acid groups (broad SMARTS) is 2. The van der Waals surface area contributed by atoms with Crippen LogP contribution in [0.5, 0.6) is 11.5 Å². The summed E-state index contributed by atoms with van der Waals surface area (Å²) >= 11 is 28.2. The number of carboxylic acids is 2. The van der Waals surface area contributed by atoms with Gasteiger partial charge in [-0.25, -0.2) is 9.59 Å². The Kier molecular flexibility index (Phi) is 35.0. The van der Waals surface area contributed by atoms with Crippen LogP contribution in [0.2, 0.25) is 10.0 Å². The van der Waals surface area contributed by atoms with E-state index in [2.05, 4.69) is 45.8 Å². The molecule has 0 saturated carbocycles. The molecule has 1 unspecified atom stereocenters. The molecular formula is C45H58Cl5F3N3O13PS. The first-order chi connectivity index (χ1) is 33.0. The number of halogens is 8. The molecule has 0 aliphatic heterocycles. The number of alkyl halides is 6. The van der Waals surface area contributed by atoms with Crippen molar-refractivity contribution in [2.24, 2.45) is 0 Å². The summed E-state index contributed by atoms with van der Waals surface area (Å²) in [6.07, 6.45) is 4.88. The monoisotopic (exact) mass is 1140 g/mol. The quantitative estimate of drug-likeness (QED) is 0.0207. The molecule has 71 heavy (non-hydrogen) atoms. The number of anilines is 1. The molecule has 0 saturated heterocycles. The number of carbonyl (C=O) groups is 5. The Morgan fingerprint density at radius 1 is 0.930 bits per heavy atom. The van der Waals surface area contributed by atoms with Crippen LogP contribution in [-0.4, -0.2) is 125 Å². The molecule has 0 aromatic heterocycles. The van der Waals surface area contributed by atoms with Gasteiger partial charge in [0, 0.05) is 20.2 Å². The number of aliphatic carboxylic acids is 2. The van der Waals surface area contributed by atoms with Gasteiger partial charge in [0.05, 0.1) is 58.5 Å². The van der Waals surface area contributed by atoms with Crippen LogP contribution in [0.25, 0.3) is 0 Å². The van der Waals surface area contributed by atoms with Crippen molar-refractivity contribution in [2.75, 3.05) is 69.3 Å². The molecule has 0 spiro atoms. The largest absolute Gasteiger partial charge is 0.778 e. The Morgan fingerprint density at radius 2 is 1.46 bits per heavy atom. The summed E-state index contributed by atoms with van der Waals surface area (Å²) < 4.78 is 63.2. The van der Waals surface area contributed by atoms with Crippen molar-refractivity contribution in [3.63, 3.8) is 0 Å². The molecule has 26 heteroatoms. The topological polar surface area (TPSA) is 232 Å². The first-order valence-corrected chi connectivity index (χ1v) is 26.8. The number of para-hydroxylation sites is 1. The van der Waals surface area contributed by atoms with Gasteiger partial charge in [-0.15, -0.1) is 24.8 Å². The summed E-state index contributed by atoms with van der Waals surface area (Å²) in [6.45, 7) is 13.0. The van der Waals surface area contributed by atoms with Crippen molar-refractivity contribution >= 4 is 112 Å². The molecule has 398 valence electrons. The zero-order valence-corrected chi connectivity index (χ0v) is 45.3. The molecular weight excluding hydrogens is 1090 g/mol. The van der Waals surface area contributed by atoms with E-state index in [0.29, 0.717) is 30.1 Å². The highest BCUT2D eigenvalue weighted by Gasteiger charge is 2.31. The molecule has 3 aromatic carbocycles. The van der Waals surface area contributed by atoms with E-state index in [1.54, 1.807) is 24.2 Å². The Hall–Kier alpha value is -4.05. The second kappa shape index (κ2) is 36.0. The number of esters is 1. The molecule has 0 aliphatic carbocycles. The molecule has 3 aromatic rings. The average molecular weight is 1150 g/mol. The minimum absolute atomic E-state index is 0.0246. The van der Waals surface area contributed by atoms with Crippen molar-refractivity contribution in [1.82, 2.24) is 10.2 Å². The third kappa shape index (κ3) is 29.3. The van der Waals surface area contributed by atoms with E-state index < -0.39 is 61.0 Å². The Labute approximate surface area is 439 Å². The van der Waals surface area contributed by atoms with Crippen molar-refractivity contribution in [3.05, 3.63) is 112 Å². The van der Waals surface area contributed by atoms with Gasteiger partial charge in [-0.2, -0.15) is 13.2 Å². The molecule has 0 fully saturated rings. The van der Waals surface area contributed by atoms with Gasteiger partial charge >= 0.3 is 24.1 Å². The lowest BCUT2D eigenvalue weighted by molar-refractivity contribution is -0.193. The minimum atomic E-state index is -4.56. The van der Waals surface area contributed by atoms with Gasteiger partial charge in [0.2, 0.25) is 5.91 Å². The Bertz CT molecular complexity index is 2210. The number of hydrogen-bond donors (Lipinski definition) is 4. The minimum Gasteiger partial charge on any atom is -0.778 e. The summed E-state index contributed by atoms with van der Waals surface area (Å²) in [5.74, 6) is -4.05. The van der Waals surface area contributed by atoms with E-state index in [1.807, 2.05) is 23.5 Å². The lowest BCUT2D eigenvalue weighted by Gasteiger charge is -2.26. The molecule has 0 heterocycles. The number of methoxy groups -OCH3 is 1. The third-order valence-corrected chi connectivity index (χ3v) is 9.82. The standard InChI is InChI=1S/C17H11Cl2F3O5.C14H20ClNO2.C8H11Cl2NO.C3H8NO5P.C3H9S/c1-8(15(23)24)26-16(25)11-7-10(3-4-12(11)18)27-14-5-2-9(6-13(14)19)17(20,21)22;1-4-11-7-6-8-12(5-2)14(11)16(10-18-3)13(17)9-15;1-3-5-11(6-4-2)8(12)7(9)10;5-3(6)1-4-2-10(7,8)9;1-4(2)3/h2-8H,1H3,(H,23,24);6-8H,4-5,9-10H2,1-3H3;3-4,7H,1-2,5-6H2;4H,1-2H2,(H,5,6)(H2,7,8,9);1-3H3/q;;;;+1/p-1/t8-;;;;/m0..../s1. The number of carbonyl (C=O) groups excluding carboxylic acids is 3. The van der Waals surface area contributed by atoms with E-state index in [4.69, 9.17) is 87.3 Å². The maximum atomic E-state index is 12.7. The van der Waals surface area contributed by atoms with E-state index >= 15 is 0 Å². The predicted octanol–water partition coefficient (Wildman–Crippen LogP) is 9.07. The normalized spacial score (nSPS) is 11.8. The lowest BCUT2D eigenvalue weighted by Crippen LogP contribution is -2.35. The SMILES string of the molecule is C=CCN(CC=C)C(=O)C(Cl)Cl.CCc1cccc(CC)c1N(COC)C(=O)CCl.C[C@H](OC(=O)c1cc(Oc2ccc(C(F)(F)F)cc2Cl)ccc1Cl)C(=O)O.C[S+](C)C.O=C(O)CNCP(=O)([O-])O. The van der Waals surface area contributed by atoms with Crippen LogP contribution in [-0.2, 0) is 63.1 Å². The summed E-state index contributed by atoms with van der Waals surface area (Å²) in [5, 5.41) is 18.4. The van der Waals surface area contributed by atoms with E-state index in [9.17, 15) is 46.6 Å². The summed E-state index contributed by atoms with van der Waals surface area (Å²) in [5.41, 5.74) is 2.12. The fraction of sp³-hybridized carbons (Fsp3) is 0.400. The van der Waals surface area contributed by atoms with Gasteiger partial charge < -0.3 is 43.7 Å². The number of aryl methyl sites for hydroxylation is 2. The fourth-order valence-corrected chi connectivity index (χ4v) is 6.15. The molecule has 0 radical (unpaired) electrons. The second-order valence-electron chi connectivity index (χ2n) is 14.2. The lowest BCUT2D eigenvalue weighted by atomic mass is 10.0. The Balaban J connectivity index is 0. The van der Waals surface area contributed by atoms with Crippen LogP contribution in [0, 0.1) is 0 Å². The van der Waals surface area contributed by atoms with Crippen LogP contribution < -0.4 is 19.8 Å². The van der Waals surface area contributed by atoms with Crippen LogP contribution in [0.15, 0.2) is 79.9 Å². The van der Waals surface area contributed by atoms with Crippen molar-refractivity contribution < 1.29 is 75.9 Å². The smallest absolute Gasteiger partial charge is 0.416 e. The number of nitrogens with zero attached hydrogens (tertiary/aromatic N) is 2. The maximum Gasteiger partial charge on any atom is 0.416 e. The molecule has 2 atom stereocenters. The molecule has 2 amide bonds. The van der Waals surface area contributed by atoms with Gasteiger partial charge in [-0.1, -0.05) is 90.6 Å². The summed E-state index contributed by atoms with van der Waals surface area (Å²) in [4.78, 5) is 75.8. The summed E-state index contributed by atoms with van der Waals surface area (Å²) in [6, 6.07) is 12.4. The van der Waals surface area contributed by atoms with Gasteiger partial charge in [0.25, 0.3) is 5.91 Å². The first kappa shape index (κ1) is 69.0. The number of nitrogens with one attached hydrogen (secondary N) is 1. The van der Waals surface area contributed by atoms with Crippen molar-refractivity contribution in [3.8, 4) is 11.5 Å². The van der Waals surface area contributed by atoms with Crippen LogP contribution in [0.1, 0.15) is 47.8 Å². The summed E-state index contributed by atoms with van der Waals surface area (Å²) in [7, 11) is -2.13. The highest BCUT2D eigenvalue weighted by Crippen LogP contribution is 2.37. The fourth-order valence-electron chi connectivity index (χ4n) is 4.92. The number of amides is 2. The van der Waals surface area contributed by atoms with Crippen LogP contribution in [0.4, 0.5) is 18.9 Å². The molecule has 0 bridgehead atoms. The zero-order valence-electron chi connectivity index (χ0n) is 39.8. The number of ether oxygens (including phenoxy) is 3. The molecule has 16 nitrogen and oxygen atoms in total. The van der Waals surface area contributed by atoms with Crippen LogP contribution >= 0.6 is 65.6 Å². The maximum absolute atomic E-state index is 12.7. The van der Waals surface area contributed by atoms with E-state index in [1.165, 1.54) is 17.0 Å². The molecule has 0 aliphatic rings. The number of rotatable bonds is 20. The van der Waals surface area contributed by atoms with Gasteiger partial charge in [0.1, 0.15) is 31.7 Å². The number of hydrogen-bond acceptors (Lipinski definition) is 11. The second-order valence-corrected chi connectivity index (χ2v) is 20.5. The van der Waals surface area contributed by atoms with Crippen molar-refractivity contribution in [1.29, 1.82) is 0 Å². The zero-order chi connectivity index (χ0) is 55.2. The van der Waals surface area contributed by atoms with Gasteiger partial charge in [-0.05, 0) is 78.2 Å². The Morgan fingerprint density at radius 3 is 1.86 bits per heavy atom. The predicted molar refractivity (Wildman–Crippen MR) is 274 cm³/mol. The number of benzene rings is 3. The van der Waals surface area contributed by atoms with Crippen molar-refractivity contribution in [2.45, 2.75) is 50.7 Å². The molecule has 4 N–H and O–H groups in total. The van der Waals surface area contributed by atoms with Gasteiger partial charge in [-0.3, -0.25) is 24.6 Å². The highest BCUT2D eigenvalue weighted by atomic mass is 35.5. The first-order valence-electron chi connectivity index (χ1n) is 20.4. The van der Waals surface area contributed by atoms with Crippen LogP contribution in [0.3, 0.4) is 0 Å². The third-order valence-electron chi connectivity index (χ3n) is 7.97. The van der Waals surface area contributed by atoms with E-state index in [0.717, 1.165) is 54.8 Å². The van der Waals surface area contributed by atoms with Gasteiger partial charge in [0.15, 0.2) is 10.9 Å². The molecule has 3 rings (SSSR count). The average Bonchev–Trinajstić information content (AvgIpc) is 3.28.